The first-order valence-corrected chi connectivity index (χ1v) is 6.98. The van der Waals surface area contributed by atoms with Gasteiger partial charge in [-0.1, -0.05) is 25.8 Å². The molecule has 3 nitrogen and oxygen atoms in total. The van der Waals surface area contributed by atoms with Gasteiger partial charge in [0, 0.05) is 12.6 Å². The lowest BCUT2D eigenvalue weighted by atomic mass is 9.83. The van der Waals surface area contributed by atoms with Crippen molar-refractivity contribution in [1.82, 2.24) is 10.3 Å². The van der Waals surface area contributed by atoms with Gasteiger partial charge in [-0.05, 0) is 37.3 Å². The Morgan fingerprint density at radius 2 is 2.06 bits per heavy atom. The van der Waals surface area contributed by atoms with Crippen LogP contribution in [0, 0.1) is 11.8 Å². The summed E-state index contributed by atoms with van der Waals surface area (Å²) in [7, 11) is 1.66. The predicted molar refractivity (Wildman–Crippen MR) is 73.6 cm³/mol. The van der Waals surface area contributed by atoms with Crippen LogP contribution in [0.25, 0.3) is 0 Å². The molecule has 100 valence electrons. The van der Waals surface area contributed by atoms with E-state index in [1.807, 2.05) is 18.2 Å². The molecule has 1 N–H and O–H groups in total. The zero-order valence-electron chi connectivity index (χ0n) is 11.5. The molecule has 0 bridgehead atoms. The Hall–Kier alpha value is -1.09. The summed E-state index contributed by atoms with van der Waals surface area (Å²) in [6.45, 7) is 4.32. The summed E-state index contributed by atoms with van der Waals surface area (Å²) in [5, 5.41) is 3.52. The number of methoxy groups -OCH3 is 1. The fourth-order valence-electron chi connectivity index (χ4n) is 2.61. The molecular weight excluding hydrogens is 224 g/mol. The van der Waals surface area contributed by atoms with Crippen LogP contribution >= 0.6 is 0 Å². The van der Waals surface area contributed by atoms with Crippen molar-refractivity contribution in [3.05, 3.63) is 23.9 Å². The highest BCUT2D eigenvalue weighted by molar-refractivity contribution is 5.15. The minimum absolute atomic E-state index is 0.695. The number of aromatic nitrogens is 1. The van der Waals surface area contributed by atoms with Crippen LogP contribution in [0.1, 0.15) is 38.3 Å². The first-order chi connectivity index (χ1) is 8.78. The van der Waals surface area contributed by atoms with Crippen molar-refractivity contribution in [2.75, 3.05) is 13.7 Å². The Kier molecular flexibility index (Phi) is 5.00. The van der Waals surface area contributed by atoms with E-state index in [9.17, 15) is 0 Å². The number of pyridine rings is 1. The van der Waals surface area contributed by atoms with Crippen molar-refractivity contribution >= 4 is 0 Å². The Balaban J connectivity index is 1.71. The quantitative estimate of drug-likeness (QED) is 0.869. The maximum atomic E-state index is 5.12. The van der Waals surface area contributed by atoms with Crippen molar-refractivity contribution in [1.29, 1.82) is 0 Å². The Morgan fingerprint density at radius 3 is 2.78 bits per heavy atom. The van der Waals surface area contributed by atoms with E-state index in [1.165, 1.54) is 25.7 Å². The van der Waals surface area contributed by atoms with Gasteiger partial charge in [0.2, 0.25) is 5.88 Å². The van der Waals surface area contributed by atoms with E-state index in [-0.39, 0.29) is 0 Å². The van der Waals surface area contributed by atoms with E-state index in [4.69, 9.17) is 4.74 Å². The molecule has 2 rings (SSSR count). The summed E-state index contributed by atoms with van der Waals surface area (Å²) < 4.78 is 5.12. The van der Waals surface area contributed by atoms with Crippen molar-refractivity contribution in [3.8, 4) is 5.88 Å². The zero-order valence-corrected chi connectivity index (χ0v) is 11.5. The average molecular weight is 248 g/mol. The van der Waals surface area contributed by atoms with Gasteiger partial charge < -0.3 is 10.1 Å². The van der Waals surface area contributed by atoms with Gasteiger partial charge in [0.1, 0.15) is 0 Å². The fourth-order valence-corrected chi connectivity index (χ4v) is 2.61. The van der Waals surface area contributed by atoms with Gasteiger partial charge in [-0.15, -0.1) is 0 Å². The second kappa shape index (κ2) is 6.74. The largest absolute Gasteiger partial charge is 0.481 e. The second-order valence-corrected chi connectivity index (χ2v) is 5.43. The molecule has 0 aromatic carbocycles. The molecule has 0 unspecified atom stereocenters. The van der Waals surface area contributed by atoms with E-state index >= 15 is 0 Å². The second-order valence-electron chi connectivity index (χ2n) is 5.43. The van der Waals surface area contributed by atoms with E-state index < -0.39 is 0 Å². The first kappa shape index (κ1) is 13.3. The van der Waals surface area contributed by atoms with Gasteiger partial charge in [-0.2, -0.15) is 0 Å². The third kappa shape index (κ3) is 3.98. The van der Waals surface area contributed by atoms with Crippen LogP contribution in [0.15, 0.2) is 18.2 Å². The molecular formula is C15H24N2O. The van der Waals surface area contributed by atoms with Gasteiger partial charge in [0.15, 0.2) is 0 Å². The van der Waals surface area contributed by atoms with Gasteiger partial charge in [0.25, 0.3) is 0 Å². The Bertz CT molecular complexity index is 359. The SMILES string of the molecule is COc1cccc(CNCC2CCC(C)CC2)n1. The molecule has 1 aromatic rings. The van der Waals surface area contributed by atoms with Crippen molar-refractivity contribution in [2.24, 2.45) is 11.8 Å². The van der Waals surface area contributed by atoms with E-state index in [0.717, 1.165) is 30.6 Å². The number of hydrogen-bond acceptors (Lipinski definition) is 3. The molecule has 0 aliphatic heterocycles. The summed E-state index contributed by atoms with van der Waals surface area (Å²) in [5.74, 6) is 2.48. The minimum Gasteiger partial charge on any atom is -0.481 e. The number of hydrogen-bond donors (Lipinski definition) is 1. The predicted octanol–water partition coefficient (Wildman–Crippen LogP) is 3.01. The highest BCUT2D eigenvalue weighted by Crippen LogP contribution is 2.27. The normalized spacial score (nSPS) is 23.9. The third-order valence-corrected chi connectivity index (χ3v) is 3.86. The molecule has 1 aliphatic carbocycles. The molecule has 1 fully saturated rings. The summed E-state index contributed by atoms with van der Waals surface area (Å²) in [5.41, 5.74) is 1.05. The number of rotatable bonds is 5. The number of nitrogens with zero attached hydrogens (tertiary/aromatic N) is 1. The molecule has 0 spiro atoms. The maximum Gasteiger partial charge on any atom is 0.213 e. The highest BCUT2D eigenvalue weighted by Gasteiger charge is 2.17. The molecule has 1 aromatic heterocycles. The van der Waals surface area contributed by atoms with Crippen LogP contribution in [-0.2, 0) is 6.54 Å². The van der Waals surface area contributed by atoms with Crippen LogP contribution < -0.4 is 10.1 Å². The summed E-state index contributed by atoms with van der Waals surface area (Å²) in [6, 6.07) is 5.91. The van der Waals surface area contributed by atoms with Crippen LogP contribution in [0.4, 0.5) is 0 Å². The van der Waals surface area contributed by atoms with Crippen LogP contribution in [0.5, 0.6) is 5.88 Å². The summed E-state index contributed by atoms with van der Waals surface area (Å²) in [6.07, 6.45) is 5.53. The average Bonchev–Trinajstić information content (AvgIpc) is 2.41. The van der Waals surface area contributed by atoms with Crippen LogP contribution in [0.2, 0.25) is 0 Å². The molecule has 0 radical (unpaired) electrons. The van der Waals surface area contributed by atoms with E-state index in [2.05, 4.69) is 17.2 Å². The molecule has 0 saturated heterocycles. The van der Waals surface area contributed by atoms with E-state index in [0.29, 0.717) is 5.88 Å². The topological polar surface area (TPSA) is 34.1 Å². The van der Waals surface area contributed by atoms with Gasteiger partial charge in [-0.3, -0.25) is 0 Å². The van der Waals surface area contributed by atoms with Crippen molar-refractivity contribution in [2.45, 2.75) is 39.2 Å². The van der Waals surface area contributed by atoms with Crippen LogP contribution in [0.3, 0.4) is 0 Å². The van der Waals surface area contributed by atoms with Crippen molar-refractivity contribution < 1.29 is 4.74 Å². The minimum atomic E-state index is 0.695. The number of nitrogens with one attached hydrogen (secondary N) is 1. The summed E-state index contributed by atoms with van der Waals surface area (Å²) >= 11 is 0. The van der Waals surface area contributed by atoms with Gasteiger partial charge in [-0.25, -0.2) is 4.98 Å². The molecule has 18 heavy (non-hydrogen) atoms. The molecule has 3 heteroatoms. The lowest BCUT2D eigenvalue weighted by Gasteiger charge is -2.26. The molecule has 1 aliphatic rings. The van der Waals surface area contributed by atoms with E-state index in [1.54, 1.807) is 7.11 Å². The molecule has 0 amide bonds. The third-order valence-electron chi connectivity index (χ3n) is 3.86. The van der Waals surface area contributed by atoms with Crippen molar-refractivity contribution in [3.63, 3.8) is 0 Å². The monoisotopic (exact) mass is 248 g/mol. The molecule has 1 saturated carbocycles. The van der Waals surface area contributed by atoms with Crippen LogP contribution in [-0.4, -0.2) is 18.6 Å². The standard InChI is InChI=1S/C15H24N2O/c1-12-6-8-13(9-7-12)10-16-11-14-4-3-5-15(17-14)18-2/h3-5,12-13,16H,6-11H2,1-2H3. The fraction of sp³-hybridized carbons (Fsp3) is 0.667. The number of ether oxygens (including phenoxy) is 1. The Labute approximate surface area is 110 Å². The summed E-state index contributed by atoms with van der Waals surface area (Å²) in [4.78, 5) is 4.40. The van der Waals surface area contributed by atoms with Gasteiger partial charge in [0.05, 0.1) is 12.8 Å². The Morgan fingerprint density at radius 1 is 1.28 bits per heavy atom. The highest BCUT2D eigenvalue weighted by atomic mass is 16.5. The van der Waals surface area contributed by atoms with Gasteiger partial charge >= 0.3 is 0 Å². The first-order valence-electron chi connectivity index (χ1n) is 6.98. The lowest BCUT2D eigenvalue weighted by Crippen LogP contribution is -2.26. The maximum absolute atomic E-state index is 5.12. The molecule has 1 heterocycles. The molecule has 0 atom stereocenters. The lowest BCUT2D eigenvalue weighted by molar-refractivity contribution is 0.281. The smallest absolute Gasteiger partial charge is 0.213 e. The zero-order chi connectivity index (χ0) is 12.8.